The van der Waals surface area contributed by atoms with Gasteiger partial charge in [-0.2, -0.15) is 0 Å². The summed E-state index contributed by atoms with van der Waals surface area (Å²) in [4.78, 5) is 26.1. The number of nitrogens with zero attached hydrogens (tertiary/aromatic N) is 4. The molecule has 2 aliphatic rings. The summed E-state index contributed by atoms with van der Waals surface area (Å²) in [5.41, 5.74) is 1.80. The van der Waals surface area contributed by atoms with Gasteiger partial charge in [-0.15, -0.1) is 11.3 Å². The van der Waals surface area contributed by atoms with Gasteiger partial charge >= 0.3 is 0 Å². The van der Waals surface area contributed by atoms with E-state index >= 15 is 0 Å². The molecule has 0 N–H and O–H groups in total. The highest BCUT2D eigenvalue weighted by Crippen LogP contribution is 2.34. The van der Waals surface area contributed by atoms with E-state index in [0.717, 1.165) is 69.5 Å². The fourth-order valence-electron chi connectivity index (χ4n) is 4.23. The van der Waals surface area contributed by atoms with Gasteiger partial charge in [0.15, 0.2) is 0 Å². The number of ether oxygens (including phenoxy) is 1. The highest BCUT2D eigenvalue weighted by molar-refractivity contribution is 7.09. The number of pyridine rings is 1. The quantitative estimate of drug-likeness (QED) is 0.812. The minimum atomic E-state index is -0.00230. The molecule has 4 rings (SSSR count). The number of carbonyl (C=O) groups excluding carboxylic acids is 1. The van der Waals surface area contributed by atoms with Crippen molar-refractivity contribution in [3.8, 4) is 0 Å². The molecule has 1 amide bonds. The molecule has 2 aliphatic heterocycles. The van der Waals surface area contributed by atoms with Gasteiger partial charge in [0.25, 0.3) is 5.91 Å². The van der Waals surface area contributed by atoms with E-state index in [1.54, 1.807) is 23.7 Å². The maximum atomic E-state index is 12.9. The zero-order valence-electron chi connectivity index (χ0n) is 15.8. The Balaban J connectivity index is 1.47. The molecule has 2 aromatic rings. The molecule has 7 heteroatoms. The van der Waals surface area contributed by atoms with E-state index < -0.39 is 0 Å². The SMILES string of the molecule is Cc1nc(CN2CCOC[C@]3(CCCN(C(=O)c4cccnc4)C3)C2)cs1. The molecule has 0 radical (unpaired) electrons. The van der Waals surface area contributed by atoms with Crippen LogP contribution < -0.4 is 0 Å². The molecule has 6 nitrogen and oxygen atoms in total. The van der Waals surface area contributed by atoms with E-state index in [-0.39, 0.29) is 11.3 Å². The summed E-state index contributed by atoms with van der Waals surface area (Å²) in [6, 6.07) is 3.66. The average molecular weight is 387 g/mol. The zero-order chi connectivity index (χ0) is 18.7. The Morgan fingerprint density at radius 2 is 2.30 bits per heavy atom. The minimum Gasteiger partial charge on any atom is -0.379 e. The molecule has 0 saturated carbocycles. The van der Waals surface area contributed by atoms with Crippen LogP contribution in [0.1, 0.15) is 33.9 Å². The van der Waals surface area contributed by atoms with Crippen LogP contribution in [0, 0.1) is 12.3 Å². The van der Waals surface area contributed by atoms with Gasteiger partial charge in [-0.05, 0) is 31.9 Å². The van der Waals surface area contributed by atoms with Crippen molar-refractivity contribution in [1.29, 1.82) is 0 Å². The highest BCUT2D eigenvalue weighted by Gasteiger charge is 2.40. The smallest absolute Gasteiger partial charge is 0.255 e. The molecule has 4 heterocycles. The van der Waals surface area contributed by atoms with Gasteiger partial charge in [0.2, 0.25) is 0 Å². The summed E-state index contributed by atoms with van der Waals surface area (Å²) < 4.78 is 5.98. The summed E-state index contributed by atoms with van der Waals surface area (Å²) >= 11 is 1.70. The first kappa shape index (κ1) is 18.5. The van der Waals surface area contributed by atoms with Crippen LogP contribution in [-0.4, -0.2) is 65.1 Å². The Morgan fingerprint density at radius 3 is 3.07 bits per heavy atom. The zero-order valence-corrected chi connectivity index (χ0v) is 16.6. The number of hydrogen-bond acceptors (Lipinski definition) is 6. The van der Waals surface area contributed by atoms with E-state index in [4.69, 9.17) is 4.74 Å². The first-order valence-corrected chi connectivity index (χ1v) is 10.4. The van der Waals surface area contributed by atoms with Crippen LogP contribution in [0.25, 0.3) is 0 Å². The standard InChI is InChI=1S/C20H26N4O2S/c1-16-22-18(12-27-16)11-23-8-9-26-15-20(13-23)5-3-7-24(14-20)19(25)17-4-2-6-21-10-17/h2,4,6,10,12H,3,5,7-9,11,13-15H2,1H3/t20-/m1/s1. The number of carbonyl (C=O) groups is 1. The molecule has 0 bridgehead atoms. The van der Waals surface area contributed by atoms with Gasteiger partial charge in [0, 0.05) is 55.9 Å². The van der Waals surface area contributed by atoms with Crippen molar-refractivity contribution in [2.75, 3.05) is 39.4 Å². The summed E-state index contributed by atoms with van der Waals surface area (Å²) in [5.74, 6) is 0.0769. The van der Waals surface area contributed by atoms with Crippen LogP contribution in [0.5, 0.6) is 0 Å². The first-order chi connectivity index (χ1) is 13.1. The van der Waals surface area contributed by atoms with Crippen LogP contribution >= 0.6 is 11.3 Å². The van der Waals surface area contributed by atoms with Crippen molar-refractivity contribution in [1.82, 2.24) is 19.8 Å². The molecule has 0 aliphatic carbocycles. The normalized spacial score (nSPS) is 24.1. The third-order valence-corrected chi connectivity index (χ3v) is 6.25. The van der Waals surface area contributed by atoms with E-state index in [2.05, 4.69) is 20.2 Å². The molecule has 0 aromatic carbocycles. The van der Waals surface area contributed by atoms with E-state index in [1.807, 2.05) is 24.0 Å². The number of rotatable bonds is 3. The van der Waals surface area contributed by atoms with Crippen LogP contribution in [0.2, 0.25) is 0 Å². The van der Waals surface area contributed by atoms with E-state index in [0.29, 0.717) is 5.56 Å². The van der Waals surface area contributed by atoms with Crippen LogP contribution in [0.4, 0.5) is 0 Å². The van der Waals surface area contributed by atoms with E-state index in [1.165, 1.54) is 0 Å². The number of piperidine rings is 1. The lowest BCUT2D eigenvalue weighted by atomic mass is 9.80. The topological polar surface area (TPSA) is 58.6 Å². The predicted octanol–water partition coefficient (Wildman–Crippen LogP) is 2.60. The molecule has 27 heavy (non-hydrogen) atoms. The molecular formula is C20H26N4O2S. The Labute approximate surface area is 164 Å². The molecule has 1 spiro atoms. The monoisotopic (exact) mass is 386 g/mol. The maximum absolute atomic E-state index is 12.9. The Morgan fingerprint density at radius 1 is 1.37 bits per heavy atom. The van der Waals surface area contributed by atoms with E-state index in [9.17, 15) is 4.79 Å². The third kappa shape index (κ3) is 4.36. The first-order valence-electron chi connectivity index (χ1n) is 9.54. The summed E-state index contributed by atoms with van der Waals surface area (Å²) in [5, 5.41) is 3.25. The second-order valence-electron chi connectivity index (χ2n) is 7.69. The third-order valence-electron chi connectivity index (χ3n) is 5.43. The van der Waals surface area contributed by atoms with Crippen molar-refractivity contribution >= 4 is 17.2 Å². The maximum Gasteiger partial charge on any atom is 0.255 e. The second kappa shape index (κ2) is 8.04. The lowest BCUT2D eigenvalue weighted by Crippen LogP contribution is -2.52. The van der Waals surface area contributed by atoms with Gasteiger partial charge in [0.05, 0.1) is 29.5 Å². The van der Waals surface area contributed by atoms with Crippen LogP contribution in [-0.2, 0) is 11.3 Å². The fraction of sp³-hybridized carbons (Fsp3) is 0.550. The Hall–Kier alpha value is -1.83. The average Bonchev–Trinajstić information content (AvgIpc) is 3.00. The molecular weight excluding hydrogens is 360 g/mol. The molecule has 0 unspecified atom stereocenters. The lowest BCUT2D eigenvalue weighted by Gasteiger charge is -2.43. The van der Waals surface area contributed by atoms with Gasteiger partial charge in [-0.1, -0.05) is 0 Å². The number of aromatic nitrogens is 2. The fourth-order valence-corrected chi connectivity index (χ4v) is 4.83. The predicted molar refractivity (Wildman–Crippen MR) is 105 cm³/mol. The van der Waals surface area contributed by atoms with Crippen molar-refractivity contribution in [3.63, 3.8) is 0 Å². The lowest BCUT2D eigenvalue weighted by molar-refractivity contribution is 0.00689. The number of aryl methyl sites for hydroxylation is 1. The van der Waals surface area contributed by atoms with Crippen LogP contribution in [0.3, 0.4) is 0 Å². The Kier molecular flexibility index (Phi) is 5.52. The molecule has 2 aromatic heterocycles. The highest BCUT2D eigenvalue weighted by atomic mass is 32.1. The van der Waals surface area contributed by atoms with Gasteiger partial charge in [-0.3, -0.25) is 14.7 Å². The molecule has 1 atom stereocenters. The molecule has 2 saturated heterocycles. The van der Waals surface area contributed by atoms with Gasteiger partial charge in [-0.25, -0.2) is 4.98 Å². The second-order valence-corrected chi connectivity index (χ2v) is 8.76. The number of amides is 1. The largest absolute Gasteiger partial charge is 0.379 e. The number of hydrogen-bond donors (Lipinski definition) is 0. The van der Waals surface area contributed by atoms with Crippen LogP contribution in [0.15, 0.2) is 29.9 Å². The molecule has 2 fully saturated rings. The van der Waals surface area contributed by atoms with Crippen molar-refractivity contribution in [3.05, 3.63) is 46.2 Å². The Bertz CT molecular complexity index is 781. The summed E-state index contributed by atoms with van der Waals surface area (Å²) in [7, 11) is 0. The molecule has 144 valence electrons. The van der Waals surface area contributed by atoms with Crippen molar-refractivity contribution in [2.24, 2.45) is 5.41 Å². The van der Waals surface area contributed by atoms with Gasteiger partial charge in [0.1, 0.15) is 0 Å². The summed E-state index contributed by atoms with van der Waals surface area (Å²) in [6.07, 6.45) is 5.46. The number of thiazole rings is 1. The summed E-state index contributed by atoms with van der Waals surface area (Å²) in [6.45, 7) is 7.76. The minimum absolute atomic E-state index is 0.00230. The van der Waals surface area contributed by atoms with Crippen molar-refractivity contribution in [2.45, 2.75) is 26.3 Å². The van der Waals surface area contributed by atoms with Crippen molar-refractivity contribution < 1.29 is 9.53 Å². The number of likely N-dealkylation sites (tertiary alicyclic amines) is 1. The van der Waals surface area contributed by atoms with Gasteiger partial charge < -0.3 is 9.64 Å².